The molecule has 3 rings (SSSR count). The zero-order chi connectivity index (χ0) is 23.6. The molecule has 32 heavy (non-hydrogen) atoms. The van der Waals surface area contributed by atoms with Gasteiger partial charge in [-0.1, -0.05) is 21.1 Å². The van der Waals surface area contributed by atoms with Gasteiger partial charge in [0.25, 0.3) is 0 Å². The number of halogens is 4. The van der Waals surface area contributed by atoms with E-state index in [1.807, 2.05) is 0 Å². The Hall–Kier alpha value is -3.74. The summed E-state index contributed by atoms with van der Waals surface area (Å²) in [6.45, 7) is 1.40. The first-order valence-corrected chi connectivity index (χ1v) is 9.38. The van der Waals surface area contributed by atoms with Crippen LogP contribution in [-0.4, -0.2) is 15.0 Å². The highest BCUT2D eigenvalue weighted by Gasteiger charge is 2.33. The van der Waals surface area contributed by atoms with Crippen molar-refractivity contribution < 1.29 is 32.3 Å². The predicted octanol–water partition coefficient (Wildman–Crippen LogP) is 6.54. The number of nitro groups is 2. The van der Waals surface area contributed by atoms with E-state index in [2.05, 4.69) is 21.1 Å². The van der Waals surface area contributed by atoms with Crippen LogP contribution in [0.5, 0.6) is 11.5 Å². The van der Waals surface area contributed by atoms with Crippen LogP contribution >= 0.6 is 15.9 Å². The van der Waals surface area contributed by atoms with Gasteiger partial charge in [-0.3, -0.25) is 20.2 Å². The van der Waals surface area contributed by atoms with Crippen molar-refractivity contribution in [1.29, 1.82) is 0 Å². The Bertz CT molecular complexity index is 1240. The molecule has 0 bridgehead atoms. The van der Waals surface area contributed by atoms with Crippen LogP contribution < -0.4 is 4.74 Å². The minimum atomic E-state index is -4.77. The summed E-state index contributed by atoms with van der Waals surface area (Å²) in [6.07, 6.45) is -2.13. The molecule has 0 saturated carbocycles. The lowest BCUT2D eigenvalue weighted by Crippen LogP contribution is -2.06. The Kier molecular flexibility index (Phi) is 6.30. The Labute approximate surface area is 185 Å². The summed E-state index contributed by atoms with van der Waals surface area (Å²) in [7, 11) is 0. The number of nitro benzene ring substituents is 1. The van der Waals surface area contributed by atoms with Crippen LogP contribution in [0.2, 0.25) is 0 Å². The standard InChI is InChI=1S/C19H11BrF3N3O6/c1-10-18(26(29)30)17(32-24-10)5-2-11-8-13(20)4-7-15(11)31-16-6-3-12(19(21,22)23)9-14(16)25(27)28/h2-9H,1H3/b5-2-. The molecule has 0 amide bonds. The minimum Gasteiger partial charge on any atom is -0.449 e. The molecule has 0 N–H and O–H groups in total. The highest BCUT2D eigenvalue weighted by molar-refractivity contribution is 9.10. The molecule has 2 aromatic carbocycles. The van der Waals surface area contributed by atoms with Crippen molar-refractivity contribution in [3.8, 4) is 11.5 Å². The maximum Gasteiger partial charge on any atom is 0.416 e. The Morgan fingerprint density at radius 2 is 1.75 bits per heavy atom. The SMILES string of the molecule is Cc1noc(/C=C\c2cc(Br)ccc2Oc2ccc(C(F)(F)F)cc2[N+](=O)[O-])c1[N+](=O)[O-]. The first kappa shape index (κ1) is 22.9. The van der Waals surface area contributed by atoms with Crippen molar-refractivity contribution in [2.45, 2.75) is 13.1 Å². The van der Waals surface area contributed by atoms with Crippen LogP contribution in [0.1, 0.15) is 22.6 Å². The topological polar surface area (TPSA) is 122 Å². The lowest BCUT2D eigenvalue weighted by atomic mass is 10.1. The molecule has 0 aliphatic carbocycles. The number of aryl methyl sites for hydroxylation is 1. The molecule has 9 nitrogen and oxygen atoms in total. The third kappa shape index (κ3) is 4.94. The number of alkyl halides is 3. The zero-order valence-corrected chi connectivity index (χ0v) is 17.5. The molecule has 1 heterocycles. The fourth-order valence-corrected chi connectivity index (χ4v) is 3.04. The summed E-state index contributed by atoms with van der Waals surface area (Å²) in [5.74, 6) is -0.508. The average Bonchev–Trinajstić information content (AvgIpc) is 3.08. The Balaban J connectivity index is 2.01. The maximum atomic E-state index is 12.9. The predicted molar refractivity (Wildman–Crippen MR) is 109 cm³/mol. The van der Waals surface area contributed by atoms with Crippen LogP contribution in [0.15, 0.2) is 45.4 Å². The van der Waals surface area contributed by atoms with Gasteiger partial charge in [-0.25, -0.2) is 0 Å². The van der Waals surface area contributed by atoms with E-state index in [4.69, 9.17) is 9.26 Å². The Morgan fingerprint density at radius 3 is 2.38 bits per heavy atom. The normalized spacial score (nSPS) is 11.7. The van der Waals surface area contributed by atoms with Gasteiger partial charge in [0.15, 0.2) is 5.69 Å². The molecule has 3 aromatic rings. The summed E-state index contributed by atoms with van der Waals surface area (Å²) in [4.78, 5) is 20.8. The van der Waals surface area contributed by atoms with Gasteiger partial charge in [-0.15, -0.1) is 0 Å². The second-order valence-electron chi connectivity index (χ2n) is 6.29. The van der Waals surface area contributed by atoms with Gasteiger partial charge < -0.3 is 9.26 Å². The summed E-state index contributed by atoms with van der Waals surface area (Å²) in [6, 6.07) is 6.40. The molecule has 0 aliphatic rings. The Morgan fingerprint density at radius 1 is 1.06 bits per heavy atom. The smallest absolute Gasteiger partial charge is 0.416 e. The van der Waals surface area contributed by atoms with Crippen LogP contribution in [0.25, 0.3) is 12.2 Å². The quantitative estimate of drug-likeness (QED) is 0.270. The highest BCUT2D eigenvalue weighted by Crippen LogP contribution is 2.39. The van der Waals surface area contributed by atoms with E-state index in [1.54, 1.807) is 6.07 Å². The van der Waals surface area contributed by atoms with Gasteiger partial charge in [0.1, 0.15) is 5.75 Å². The van der Waals surface area contributed by atoms with E-state index >= 15 is 0 Å². The maximum absolute atomic E-state index is 12.9. The van der Waals surface area contributed by atoms with Crippen molar-refractivity contribution in [2.24, 2.45) is 0 Å². The number of ether oxygens (including phenoxy) is 1. The molecule has 0 saturated heterocycles. The van der Waals surface area contributed by atoms with E-state index in [1.165, 1.54) is 31.2 Å². The van der Waals surface area contributed by atoms with Gasteiger partial charge in [0, 0.05) is 16.1 Å². The number of hydrogen-bond acceptors (Lipinski definition) is 7. The molecule has 166 valence electrons. The van der Waals surface area contributed by atoms with Gasteiger partial charge in [0.05, 0.1) is 15.4 Å². The number of hydrogen-bond donors (Lipinski definition) is 0. The summed E-state index contributed by atoms with van der Waals surface area (Å²) in [5, 5.41) is 26.0. The molecular formula is C19H11BrF3N3O6. The number of aromatic nitrogens is 1. The van der Waals surface area contributed by atoms with Crippen molar-refractivity contribution >= 4 is 39.5 Å². The van der Waals surface area contributed by atoms with E-state index in [0.29, 0.717) is 22.2 Å². The molecular weight excluding hydrogens is 503 g/mol. The van der Waals surface area contributed by atoms with Crippen molar-refractivity contribution in [3.05, 3.63) is 83.7 Å². The number of nitrogens with zero attached hydrogens (tertiary/aromatic N) is 3. The molecule has 0 fully saturated rings. The molecule has 0 radical (unpaired) electrons. The van der Waals surface area contributed by atoms with Crippen LogP contribution in [0.4, 0.5) is 24.5 Å². The summed E-state index contributed by atoms with van der Waals surface area (Å²) >= 11 is 3.25. The molecule has 0 aliphatic heterocycles. The number of rotatable bonds is 6. The highest BCUT2D eigenvalue weighted by atomic mass is 79.9. The van der Waals surface area contributed by atoms with Gasteiger partial charge in [-0.05, 0) is 49.4 Å². The number of benzene rings is 2. The lowest BCUT2D eigenvalue weighted by molar-refractivity contribution is -0.386. The molecule has 0 spiro atoms. The van der Waals surface area contributed by atoms with Crippen LogP contribution in [0, 0.1) is 27.2 Å². The zero-order valence-electron chi connectivity index (χ0n) is 15.9. The first-order valence-electron chi connectivity index (χ1n) is 8.59. The van der Waals surface area contributed by atoms with E-state index in [0.717, 1.165) is 6.07 Å². The van der Waals surface area contributed by atoms with Crippen LogP contribution in [-0.2, 0) is 6.18 Å². The molecule has 1 aromatic heterocycles. The second-order valence-corrected chi connectivity index (χ2v) is 7.21. The summed E-state index contributed by atoms with van der Waals surface area (Å²) < 4.78 is 49.8. The lowest BCUT2D eigenvalue weighted by Gasteiger charge is -2.12. The van der Waals surface area contributed by atoms with Gasteiger partial charge in [0.2, 0.25) is 11.5 Å². The fraction of sp³-hybridized carbons (Fsp3) is 0.105. The molecule has 0 unspecified atom stereocenters. The fourth-order valence-electron chi connectivity index (χ4n) is 2.66. The van der Waals surface area contributed by atoms with Crippen molar-refractivity contribution in [2.75, 3.05) is 0 Å². The van der Waals surface area contributed by atoms with Crippen molar-refractivity contribution in [3.63, 3.8) is 0 Å². The summed E-state index contributed by atoms with van der Waals surface area (Å²) in [5.41, 5.74) is -2.03. The van der Waals surface area contributed by atoms with Crippen LogP contribution in [0.3, 0.4) is 0 Å². The third-order valence-electron chi connectivity index (χ3n) is 4.13. The molecule has 13 heteroatoms. The average molecular weight is 514 g/mol. The first-order chi connectivity index (χ1) is 15.0. The van der Waals surface area contributed by atoms with Gasteiger partial charge in [-0.2, -0.15) is 13.2 Å². The molecule has 0 atom stereocenters. The van der Waals surface area contributed by atoms with E-state index < -0.39 is 33.0 Å². The largest absolute Gasteiger partial charge is 0.449 e. The van der Waals surface area contributed by atoms with Crippen molar-refractivity contribution in [1.82, 2.24) is 5.16 Å². The van der Waals surface area contributed by atoms with Gasteiger partial charge >= 0.3 is 17.6 Å². The second kappa shape index (κ2) is 8.78. The van der Waals surface area contributed by atoms with E-state index in [9.17, 15) is 33.4 Å². The van der Waals surface area contributed by atoms with E-state index in [-0.39, 0.29) is 22.9 Å². The monoisotopic (exact) mass is 513 g/mol. The minimum absolute atomic E-state index is 0.0474. The third-order valence-corrected chi connectivity index (χ3v) is 4.62.